The van der Waals surface area contributed by atoms with Crippen LogP contribution >= 0.6 is 23.2 Å². The first-order valence-corrected chi connectivity index (χ1v) is 14.1. The Morgan fingerprint density at radius 1 is 0.949 bits per heavy atom. The molecular formula is C31H33Cl2N3O3. The molecule has 0 saturated carbocycles. The van der Waals surface area contributed by atoms with Crippen molar-refractivity contribution >= 4 is 40.8 Å². The van der Waals surface area contributed by atoms with Crippen LogP contribution in [0.5, 0.6) is 0 Å². The predicted molar refractivity (Wildman–Crippen MR) is 156 cm³/mol. The number of halogens is 2. The van der Waals surface area contributed by atoms with Crippen LogP contribution in [-0.2, 0) is 22.6 Å². The van der Waals surface area contributed by atoms with Crippen molar-refractivity contribution < 1.29 is 14.3 Å². The molecule has 2 aliphatic heterocycles. The number of benzene rings is 3. The van der Waals surface area contributed by atoms with Crippen LogP contribution in [0.25, 0.3) is 11.1 Å². The number of rotatable bonds is 9. The van der Waals surface area contributed by atoms with E-state index in [-0.39, 0.29) is 11.9 Å². The minimum atomic E-state index is -0.913. The van der Waals surface area contributed by atoms with Crippen LogP contribution in [0.2, 0.25) is 10.0 Å². The highest BCUT2D eigenvalue weighted by atomic mass is 35.5. The molecule has 0 aliphatic carbocycles. The molecular weight excluding hydrogens is 533 g/mol. The standard InChI is InChI=1S/C31H33Cl2N3O3/c1-34(2)15-16-39-21-24-7-3-4-8-28(24)23-11-9-22(10-12-23)20-31-13-5-6-14-35(31)30(38)36(29(31)37)27-18-25(32)17-26(33)19-27/h3-4,7-12,17-19H,5-6,13-16,20-21H2,1-2H3. The van der Waals surface area contributed by atoms with Crippen LogP contribution in [-0.4, -0.2) is 61.1 Å². The smallest absolute Gasteiger partial charge is 0.332 e. The summed E-state index contributed by atoms with van der Waals surface area (Å²) in [7, 11) is 4.06. The number of carbonyl (C=O) groups excluding carboxylic acids is 2. The Bertz CT molecular complexity index is 1340. The molecule has 204 valence electrons. The van der Waals surface area contributed by atoms with Gasteiger partial charge in [0.2, 0.25) is 0 Å². The first kappa shape index (κ1) is 27.7. The van der Waals surface area contributed by atoms with E-state index in [2.05, 4.69) is 41.3 Å². The largest absolute Gasteiger partial charge is 0.375 e. The number of amides is 3. The van der Waals surface area contributed by atoms with E-state index in [9.17, 15) is 9.59 Å². The van der Waals surface area contributed by atoms with E-state index < -0.39 is 5.54 Å². The minimum Gasteiger partial charge on any atom is -0.375 e. The fourth-order valence-corrected chi connectivity index (χ4v) is 6.12. The maximum atomic E-state index is 14.0. The van der Waals surface area contributed by atoms with E-state index in [1.54, 1.807) is 23.1 Å². The summed E-state index contributed by atoms with van der Waals surface area (Å²) in [5, 5.41) is 0.770. The number of carbonyl (C=O) groups is 2. The zero-order valence-electron chi connectivity index (χ0n) is 22.3. The Balaban J connectivity index is 1.38. The van der Waals surface area contributed by atoms with Gasteiger partial charge in [0.15, 0.2) is 0 Å². The van der Waals surface area contributed by atoms with Crippen molar-refractivity contribution in [2.45, 2.75) is 37.8 Å². The quantitative estimate of drug-likeness (QED) is 0.214. The maximum Gasteiger partial charge on any atom is 0.332 e. The normalized spacial score (nSPS) is 19.2. The van der Waals surface area contributed by atoms with Gasteiger partial charge in [0.1, 0.15) is 5.54 Å². The summed E-state index contributed by atoms with van der Waals surface area (Å²) in [6.45, 7) is 2.64. The fourth-order valence-electron chi connectivity index (χ4n) is 5.61. The molecule has 0 bridgehead atoms. The van der Waals surface area contributed by atoms with Crippen molar-refractivity contribution in [3.05, 3.63) is 87.9 Å². The highest BCUT2D eigenvalue weighted by Crippen LogP contribution is 2.42. The Hall–Kier alpha value is -2.90. The lowest BCUT2D eigenvalue weighted by atomic mass is 9.81. The lowest BCUT2D eigenvalue weighted by Gasteiger charge is -2.39. The SMILES string of the molecule is CN(C)CCOCc1ccccc1-c1ccc(CC23CCCCN2C(=O)N(c2cc(Cl)cc(Cl)c2)C3=O)cc1. The highest BCUT2D eigenvalue weighted by molar-refractivity contribution is 6.35. The average Bonchev–Trinajstić information content (AvgIpc) is 3.13. The van der Waals surface area contributed by atoms with Gasteiger partial charge in [-0.15, -0.1) is 0 Å². The molecule has 0 aromatic heterocycles. The van der Waals surface area contributed by atoms with Gasteiger partial charge in [0.25, 0.3) is 5.91 Å². The zero-order valence-corrected chi connectivity index (χ0v) is 23.8. The fraction of sp³-hybridized carbons (Fsp3) is 0.355. The van der Waals surface area contributed by atoms with Crippen molar-refractivity contribution in [3.8, 4) is 11.1 Å². The van der Waals surface area contributed by atoms with Crippen molar-refractivity contribution in [2.75, 3.05) is 38.7 Å². The molecule has 5 rings (SSSR count). The predicted octanol–water partition coefficient (Wildman–Crippen LogP) is 6.67. The number of piperidine rings is 1. The summed E-state index contributed by atoms with van der Waals surface area (Å²) >= 11 is 12.4. The number of ether oxygens (including phenoxy) is 1. The molecule has 3 aromatic carbocycles. The van der Waals surface area contributed by atoms with Gasteiger partial charge in [-0.1, -0.05) is 71.7 Å². The molecule has 0 radical (unpaired) electrons. The van der Waals surface area contributed by atoms with Gasteiger partial charge in [-0.3, -0.25) is 4.79 Å². The van der Waals surface area contributed by atoms with Crippen LogP contribution in [0, 0.1) is 0 Å². The van der Waals surface area contributed by atoms with Crippen LogP contribution in [0.4, 0.5) is 10.5 Å². The van der Waals surface area contributed by atoms with Gasteiger partial charge in [-0.25, -0.2) is 9.69 Å². The first-order chi connectivity index (χ1) is 18.8. The number of urea groups is 1. The molecule has 8 heteroatoms. The van der Waals surface area contributed by atoms with Crippen molar-refractivity contribution in [1.29, 1.82) is 0 Å². The van der Waals surface area contributed by atoms with E-state index in [0.717, 1.165) is 41.6 Å². The molecule has 0 N–H and O–H groups in total. The summed E-state index contributed by atoms with van der Waals surface area (Å²) in [6.07, 6.45) is 2.84. The van der Waals surface area contributed by atoms with Gasteiger partial charge in [0.05, 0.1) is 18.9 Å². The van der Waals surface area contributed by atoms with Crippen LogP contribution in [0.15, 0.2) is 66.7 Å². The number of likely N-dealkylation sites (N-methyl/N-ethyl adjacent to an activating group) is 1. The first-order valence-electron chi connectivity index (χ1n) is 13.3. The summed E-state index contributed by atoms with van der Waals surface area (Å²) in [4.78, 5) is 32.6. The molecule has 1 atom stereocenters. The summed E-state index contributed by atoms with van der Waals surface area (Å²) < 4.78 is 5.91. The third kappa shape index (κ3) is 5.71. The van der Waals surface area contributed by atoms with Crippen molar-refractivity contribution in [2.24, 2.45) is 0 Å². The van der Waals surface area contributed by atoms with E-state index in [0.29, 0.717) is 48.3 Å². The molecule has 3 amide bonds. The van der Waals surface area contributed by atoms with Crippen molar-refractivity contribution in [3.63, 3.8) is 0 Å². The lowest BCUT2D eigenvalue weighted by Crippen LogP contribution is -2.54. The molecule has 2 aliphatic rings. The van der Waals surface area contributed by atoms with Crippen LogP contribution < -0.4 is 4.90 Å². The summed E-state index contributed by atoms with van der Waals surface area (Å²) in [5.74, 6) is -0.213. The molecule has 6 nitrogen and oxygen atoms in total. The molecule has 39 heavy (non-hydrogen) atoms. The molecule has 2 fully saturated rings. The van der Waals surface area contributed by atoms with Gasteiger partial charge >= 0.3 is 6.03 Å². The Labute approximate surface area is 240 Å². The Morgan fingerprint density at radius 2 is 1.67 bits per heavy atom. The number of anilines is 1. The summed E-state index contributed by atoms with van der Waals surface area (Å²) in [5.41, 5.74) is 3.86. The van der Waals surface area contributed by atoms with E-state index >= 15 is 0 Å². The second-order valence-corrected chi connectivity index (χ2v) is 11.5. The Morgan fingerprint density at radius 3 is 2.38 bits per heavy atom. The third-order valence-electron chi connectivity index (χ3n) is 7.59. The van der Waals surface area contributed by atoms with Gasteiger partial charge in [0, 0.05) is 29.6 Å². The number of hydrogen-bond acceptors (Lipinski definition) is 4. The molecule has 0 spiro atoms. The van der Waals surface area contributed by atoms with E-state index in [1.165, 1.54) is 4.90 Å². The van der Waals surface area contributed by atoms with Gasteiger partial charge in [-0.05, 0) is 73.8 Å². The van der Waals surface area contributed by atoms with Gasteiger partial charge < -0.3 is 14.5 Å². The van der Waals surface area contributed by atoms with Crippen molar-refractivity contribution in [1.82, 2.24) is 9.80 Å². The molecule has 1 unspecified atom stereocenters. The zero-order chi connectivity index (χ0) is 27.6. The van der Waals surface area contributed by atoms with Crippen LogP contribution in [0.1, 0.15) is 30.4 Å². The molecule has 3 aromatic rings. The second kappa shape index (κ2) is 11.7. The average molecular weight is 567 g/mol. The van der Waals surface area contributed by atoms with Crippen LogP contribution in [0.3, 0.4) is 0 Å². The lowest BCUT2D eigenvalue weighted by molar-refractivity contribution is -0.126. The second-order valence-electron chi connectivity index (χ2n) is 10.6. The monoisotopic (exact) mass is 565 g/mol. The molecule has 2 saturated heterocycles. The summed E-state index contributed by atoms with van der Waals surface area (Å²) in [6, 6.07) is 21.1. The maximum absolute atomic E-state index is 14.0. The van der Waals surface area contributed by atoms with E-state index in [4.69, 9.17) is 27.9 Å². The van der Waals surface area contributed by atoms with Gasteiger partial charge in [-0.2, -0.15) is 0 Å². The molecule has 2 heterocycles. The third-order valence-corrected chi connectivity index (χ3v) is 8.02. The topological polar surface area (TPSA) is 53.1 Å². The minimum absolute atomic E-state index is 0.213. The Kier molecular flexibility index (Phi) is 8.29. The number of hydrogen-bond donors (Lipinski definition) is 0. The number of nitrogens with zero attached hydrogens (tertiary/aromatic N) is 3. The number of fused-ring (bicyclic) bond motifs is 1. The van der Waals surface area contributed by atoms with E-state index in [1.807, 2.05) is 26.2 Å². The highest BCUT2D eigenvalue weighted by Gasteiger charge is 2.58. The number of imide groups is 1.